The summed E-state index contributed by atoms with van der Waals surface area (Å²) in [6.45, 7) is 21.2. The largest absolute Gasteiger partial charge is 0.379 e. The van der Waals surface area contributed by atoms with Crippen molar-refractivity contribution in [1.29, 1.82) is 0 Å². The zero-order valence-electron chi connectivity index (χ0n) is 16.1. The zero-order chi connectivity index (χ0) is 16.9. The van der Waals surface area contributed by atoms with E-state index in [0.29, 0.717) is 16.9 Å². The molecule has 4 heteroatoms. The van der Waals surface area contributed by atoms with Gasteiger partial charge in [-0.1, -0.05) is 34.6 Å². The Labute approximate surface area is 143 Å². The Bertz CT molecular complexity index is 346. The van der Waals surface area contributed by atoms with E-state index in [1.807, 2.05) is 0 Å². The lowest BCUT2D eigenvalue weighted by Crippen LogP contribution is -2.47. The fourth-order valence-corrected chi connectivity index (χ4v) is 3.72. The molecule has 2 fully saturated rings. The van der Waals surface area contributed by atoms with Crippen molar-refractivity contribution in [2.75, 3.05) is 59.1 Å². The summed E-state index contributed by atoms with van der Waals surface area (Å²) in [7, 11) is 0. The molecule has 0 saturated carbocycles. The predicted octanol–water partition coefficient (Wildman–Crippen LogP) is 2.87. The number of rotatable bonds is 6. The highest BCUT2D eigenvalue weighted by Gasteiger charge is 2.29. The lowest BCUT2D eigenvalue weighted by Gasteiger charge is -2.40. The van der Waals surface area contributed by atoms with Crippen LogP contribution in [0.15, 0.2) is 0 Å². The van der Waals surface area contributed by atoms with Crippen LogP contribution in [-0.4, -0.2) is 75.0 Å². The van der Waals surface area contributed by atoms with Crippen molar-refractivity contribution in [3.05, 3.63) is 0 Å². The Morgan fingerprint density at radius 2 is 1.57 bits per heavy atom. The fourth-order valence-electron chi connectivity index (χ4n) is 3.72. The third-order valence-corrected chi connectivity index (χ3v) is 4.91. The Balaban J connectivity index is 1.74. The van der Waals surface area contributed by atoms with Crippen LogP contribution >= 0.6 is 0 Å². The van der Waals surface area contributed by atoms with Gasteiger partial charge < -0.3 is 9.47 Å². The Kier molecular flexibility index (Phi) is 6.90. The van der Waals surface area contributed by atoms with E-state index in [-0.39, 0.29) is 0 Å². The van der Waals surface area contributed by atoms with Gasteiger partial charge in [0.2, 0.25) is 0 Å². The van der Waals surface area contributed by atoms with Gasteiger partial charge in [-0.2, -0.15) is 0 Å². The molecule has 1 unspecified atom stereocenters. The smallest absolute Gasteiger partial charge is 0.0707 e. The molecule has 2 aliphatic rings. The summed E-state index contributed by atoms with van der Waals surface area (Å²) in [5.74, 6) is 0. The van der Waals surface area contributed by atoms with E-state index >= 15 is 0 Å². The minimum Gasteiger partial charge on any atom is -0.379 e. The summed E-state index contributed by atoms with van der Waals surface area (Å²) in [6, 6.07) is 0. The van der Waals surface area contributed by atoms with Crippen LogP contribution in [-0.2, 0) is 9.47 Å². The van der Waals surface area contributed by atoms with Gasteiger partial charge in [0, 0.05) is 32.7 Å². The number of hydrogen-bond donors (Lipinski definition) is 0. The zero-order valence-corrected chi connectivity index (χ0v) is 16.1. The molecule has 0 spiro atoms. The molecule has 4 nitrogen and oxygen atoms in total. The lowest BCUT2D eigenvalue weighted by molar-refractivity contribution is -0.0568. The number of hydrogen-bond acceptors (Lipinski definition) is 4. The van der Waals surface area contributed by atoms with Crippen molar-refractivity contribution in [2.45, 2.75) is 53.6 Å². The first kappa shape index (κ1) is 19.2. The molecule has 2 saturated heterocycles. The molecule has 0 radical (unpaired) electrons. The van der Waals surface area contributed by atoms with Crippen molar-refractivity contribution in [1.82, 2.24) is 9.80 Å². The van der Waals surface area contributed by atoms with Crippen molar-refractivity contribution in [2.24, 2.45) is 10.8 Å². The van der Waals surface area contributed by atoms with E-state index in [4.69, 9.17) is 9.47 Å². The van der Waals surface area contributed by atoms with Gasteiger partial charge in [0.05, 0.1) is 25.9 Å². The minimum absolute atomic E-state index is 0.341. The summed E-state index contributed by atoms with van der Waals surface area (Å²) < 4.78 is 11.5. The number of nitrogens with zero attached hydrogens (tertiary/aromatic N) is 2. The second-order valence-electron chi connectivity index (χ2n) is 9.36. The first-order chi connectivity index (χ1) is 10.7. The second-order valence-corrected chi connectivity index (χ2v) is 9.36. The fraction of sp³-hybridized carbons (Fsp3) is 1.00. The monoisotopic (exact) mass is 326 g/mol. The summed E-state index contributed by atoms with van der Waals surface area (Å²) in [5.41, 5.74) is 0.710. The molecule has 0 aromatic heterocycles. The van der Waals surface area contributed by atoms with Gasteiger partial charge >= 0.3 is 0 Å². The Morgan fingerprint density at radius 3 is 2.22 bits per heavy atom. The van der Waals surface area contributed by atoms with Gasteiger partial charge in [-0.05, 0) is 30.2 Å². The highest BCUT2D eigenvalue weighted by Crippen LogP contribution is 2.30. The molecule has 136 valence electrons. The molecule has 2 heterocycles. The molecule has 1 atom stereocenters. The quantitative estimate of drug-likeness (QED) is 0.749. The summed E-state index contributed by atoms with van der Waals surface area (Å²) in [5, 5.41) is 0. The Hall–Kier alpha value is -0.160. The van der Waals surface area contributed by atoms with E-state index in [2.05, 4.69) is 44.4 Å². The average molecular weight is 327 g/mol. The lowest BCUT2D eigenvalue weighted by atomic mass is 9.82. The highest BCUT2D eigenvalue weighted by molar-refractivity contribution is 4.82. The molecule has 0 aliphatic carbocycles. The van der Waals surface area contributed by atoms with Gasteiger partial charge in [-0.25, -0.2) is 0 Å². The van der Waals surface area contributed by atoms with Crippen molar-refractivity contribution in [3.63, 3.8) is 0 Å². The maximum Gasteiger partial charge on any atom is 0.0707 e. The van der Waals surface area contributed by atoms with Crippen molar-refractivity contribution in [3.8, 4) is 0 Å². The van der Waals surface area contributed by atoms with Crippen LogP contribution in [0.3, 0.4) is 0 Å². The first-order valence-electron chi connectivity index (χ1n) is 9.38. The van der Waals surface area contributed by atoms with E-state index in [0.717, 1.165) is 52.4 Å². The molecule has 0 aromatic rings. The van der Waals surface area contributed by atoms with Gasteiger partial charge in [-0.15, -0.1) is 0 Å². The number of morpholine rings is 2. The van der Waals surface area contributed by atoms with Gasteiger partial charge in [0.25, 0.3) is 0 Å². The average Bonchev–Trinajstić information content (AvgIpc) is 2.44. The van der Waals surface area contributed by atoms with Crippen LogP contribution in [0.1, 0.15) is 47.5 Å². The minimum atomic E-state index is 0.341. The summed E-state index contributed by atoms with van der Waals surface area (Å²) >= 11 is 0. The Morgan fingerprint density at radius 1 is 0.913 bits per heavy atom. The molecular formula is C19H38N2O2. The normalized spacial score (nSPS) is 25.7. The second kappa shape index (κ2) is 8.28. The van der Waals surface area contributed by atoms with Crippen molar-refractivity contribution >= 4 is 0 Å². The van der Waals surface area contributed by atoms with Crippen LogP contribution in [0.25, 0.3) is 0 Å². The molecule has 0 bridgehead atoms. The third-order valence-electron chi connectivity index (χ3n) is 4.91. The predicted molar refractivity (Wildman–Crippen MR) is 95.9 cm³/mol. The molecule has 2 rings (SSSR count). The summed E-state index contributed by atoms with van der Waals surface area (Å²) in [6.07, 6.45) is 2.80. The SMILES string of the molecule is CC(C)(C)CN1CCOC(CC(C)(C)CCN2CCOCC2)C1. The molecule has 2 aliphatic heterocycles. The van der Waals surface area contributed by atoms with Gasteiger partial charge in [0.1, 0.15) is 0 Å². The van der Waals surface area contributed by atoms with E-state index < -0.39 is 0 Å². The summed E-state index contributed by atoms with van der Waals surface area (Å²) in [4.78, 5) is 5.13. The standard InChI is InChI=1S/C19H38N2O2/c1-18(2,3)16-21-10-13-23-17(15-21)14-19(4,5)6-7-20-8-11-22-12-9-20/h17H,6-16H2,1-5H3. The van der Waals surface area contributed by atoms with Crippen LogP contribution in [0.4, 0.5) is 0 Å². The molecule has 0 amide bonds. The first-order valence-corrected chi connectivity index (χ1v) is 9.38. The molecule has 0 aromatic carbocycles. The molecular weight excluding hydrogens is 288 g/mol. The van der Waals surface area contributed by atoms with Crippen LogP contribution in [0.2, 0.25) is 0 Å². The van der Waals surface area contributed by atoms with Gasteiger partial charge in [-0.3, -0.25) is 9.80 Å². The van der Waals surface area contributed by atoms with Gasteiger partial charge in [0.15, 0.2) is 0 Å². The maximum absolute atomic E-state index is 6.08. The van der Waals surface area contributed by atoms with Crippen molar-refractivity contribution < 1.29 is 9.47 Å². The van der Waals surface area contributed by atoms with Crippen LogP contribution in [0.5, 0.6) is 0 Å². The maximum atomic E-state index is 6.08. The third kappa shape index (κ3) is 7.51. The molecule has 23 heavy (non-hydrogen) atoms. The highest BCUT2D eigenvalue weighted by atomic mass is 16.5. The van der Waals surface area contributed by atoms with Crippen LogP contribution in [0, 0.1) is 10.8 Å². The number of ether oxygens (including phenoxy) is 2. The molecule has 0 N–H and O–H groups in total. The van der Waals surface area contributed by atoms with E-state index in [1.54, 1.807) is 0 Å². The topological polar surface area (TPSA) is 24.9 Å². The van der Waals surface area contributed by atoms with E-state index in [9.17, 15) is 0 Å². The van der Waals surface area contributed by atoms with Crippen LogP contribution < -0.4 is 0 Å². The van der Waals surface area contributed by atoms with E-state index in [1.165, 1.54) is 19.5 Å².